The Kier molecular flexibility index (Phi) is 5.59. The second kappa shape index (κ2) is 7.43. The van der Waals surface area contributed by atoms with Gasteiger partial charge >= 0.3 is 0 Å². The van der Waals surface area contributed by atoms with Crippen molar-refractivity contribution >= 4 is 34.8 Å². The molecule has 2 amide bonds. The van der Waals surface area contributed by atoms with Crippen LogP contribution in [0.1, 0.15) is 26.2 Å². The average molecular weight is 310 g/mol. The first-order valence-electron chi connectivity index (χ1n) is 7.21. The Bertz CT molecular complexity index is 528. The molecule has 21 heavy (non-hydrogen) atoms. The lowest BCUT2D eigenvalue weighted by molar-refractivity contribution is -0.120. The minimum absolute atomic E-state index is 0.0382. The van der Waals surface area contributed by atoms with Crippen LogP contribution in [0.2, 0.25) is 5.02 Å². The van der Waals surface area contributed by atoms with Crippen molar-refractivity contribution in [2.45, 2.75) is 26.2 Å². The molecule has 114 valence electrons. The van der Waals surface area contributed by atoms with Crippen molar-refractivity contribution in [3.63, 3.8) is 0 Å². The van der Waals surface area contributed by atoms with Crippen LogP contribution in [-0.2, 0) is 9.59 Å². The molecule has 1 aliphatic rings. The summed E-state index contributed by atoms with van der Waals surface area (Å²) in [5, 5.41) is 9.27. The molecule has 5 nitrogen and oxygen atoms in total. The van der Waals surface area contributed by atoms with Crippen LogP contribution in [0.25, 0.3) is 0 Å². The van der Waals surface area contributed by atoms with Crippen molar-refractivity contribution in [2.75, 3.05) is 23.7 Å². The van der Waals surface area contributed by atoms with Crippen molar-refractivity contribution in [1.82, 2.24) is 5.32 Å². The van der Waals surface area contributed by atoms with Crippen LogP contribution in [0.15, 0.2) is 18.2 Å². The van der Waals surface area contributed by atoms with E-state index in [2.05, 4.69) is 16.0 Å². The van der Waals surface area contributed by atoms with Gasteiger partial charge in [-0.2, -0.15) is 0 Å². The van der Waals surface area contributed by atoms with Gasteiger partial charge in [0.15, 0.2) is 0 Å². The fourth-order valence-electron chi connectivity index (χ4n) is 2.26. The number of amides is 2. The number of hydrogen-bond donors (Lipinski definition) is 3. The summed E-state index contributed by atoms with van der Waals surface area (Å²) >= 11 is 6.11. The number of rotatable bonds is 4. The fraction of sp³-hybridized carbons (Fsp3) is 0.467. The average Bonchev–Trinajstić information content (AvgIpc) is 2.51. The van der Waals surface area contributed by atoms with Gasteiger partial charge in [0, 0.05) is 18.7 Å². The highest BCUT2D eigenvalue weighted by Gasteiger charge is 2.21. The Labute approximate surface area is 129 Å². The molecule has 1 unspecified atom stereocenters. The van der Waals surface area contributed by atoms with Crippen LogP contribution >= 0.6 is 11.6 Å². The van der Waals surface area contributed by atoms with Gasteiger partial charge in [-0.1, -0.05) is 18.5 Å². The first-order chi connectivity index (χ1) is 10.1. The number of carbonyl (C=O) groups is 2. The zero-order chi connectivity index (χ0) is 15.2. The lowest BCUT2D eigenvalue weighted by atomic mass is 9.99. The Morgan fingerprint density at radius 2 is 2.19 bits per heavy atom. The molecule has 1 saturated heterocycles. The summed E-state index contributed by atoms with van der Waals surface area (Å²) in [6.07, 6.45) is 2.28. The van der Waals surface area contributed by atoms with E-state index in [1.807, 2.05) is 0 Å². The Morgan fingerprint density at radius 3 is 2.86 bits per heavy atom. The van der Waals surface area contributed by atoms with Gasteiger partial charge in [0.1, 0.15) is 0 Å². The molecule has 0 radical (unpaired) electrons. The molecule has 0 spiro atoms. The molecular weight excluding hydrogens is 290 g/mol. The molecule has 0 aliphatic carbocycles. The lowest BCUT2D eigenvalue weighted by Gasteiger charge is -2.22. The minimum atomic E-state index is -0.0777. The van der Waals surface area contributed by atoms with E-state index in [1.54, 1.807) is 25.1 Å². The normalized spacial score (nSPS) is 18.1. The van der Waals surface area contributed by atoms with E-state index in [-0.39, 0.29) is 17.7 Å². The summed E-state index contributed by atoms with van der Waals surface area (Å²) in [5.74, 6) is -0.155. The molecule has 0 aromatic heterocycles. The van der Waals surface area contributed by atoms with E-state index < -0.39 is 0 Å². The molecule has 0 saturated carbocycles. The van der Waals surface area contributed by atoms with Crippen LogP contribution < -0.4 is 16.0 Å². The Hall–Kier alpha value is -1.59. The highest BCUT2D eigenvalue weighted by Crippen LogP contribution is 2.26. The maximum absolute atomic E-state index is 12.2. The molecule has 3 N–H and O–H groups in total. The standard InChI is InChI=1S/C15H20ClN3O2/c1-2-14(20)18-11-5-6-12(16)13(8-11)19-15(21)10-4-3-7-17-9-10/h5-6,8,10,17H,2-4,7,9H2,1H3,(H,18,20)(H,19,21). The van der Waals surface area contributed by atoms with E-state index in [9.17, 15) is 9.59 Å². The van der Waals surface area contributed by atoms with Gasteiger partial charge in [-0.3, -0.25) is 9.59 Å². The van der Waals surface area contributed by atoms with Crippen LogP contribution in [0.3, 0.4) is 0 Å². The predicted molar refractivity (Wildman–Crippen MR) is 84.6 cm³/mol. The number of carbonyl (C=O) groups excluding carboxylic acids is 2. The third-order valence-corrected chi connectivity index (χ3v) is 3.83. The predicted octanol–water partition coefficient (Wildman–Crippen LogP) is 2.63. The molecule has 1 atom stereocenters. The topological polar surface area (TPSA) is 70.2 Å². The van der Waals surface area contributed by atoms with Gasteiger partial charge in [-0.15, -0.1) is 0 Å². The van der Waals surface area contributed by atoms with Gasteiger partial charge in [-0.25, -0.2) is 0 Å². The number of hydrogen-bond acceptors (Lipinski definition) is 3. The lowest BCUT2D eigenvalue weighted by Crippen LogP contribution is -2.37. The van der Waals surface area contributed by atoms with Gasteiger partial charge in [0.05, 0.1) is 16.6 Å². The van der Waals surface area contributed by atoms with E-state index >= 15 is 0 Å². The largest absolute Gasteiger partial charge is 0.326 e. The molecule has 1 aliphatic heterocycles. The second-order valence-corrected chi connectivity index (χ2v) is 5.54. The summed E-state index contributed by atoms with van der Waals surface area (Å²) in [4.78, 5) is 23.6. The molecule has 1 heterocycles. The van der Waals surface area contributed by atoms with Crippen LogP contribution in [0, 0.1) is 5.92 Å². The number of benzene rings is 1. The van der Waals surface area contributed by atoms with Gasteiger partial charge in [-0.05, 0) is 37.6 Å². The third kappa shape index (κ3) is 4.44. The van der Waals surface area contributed by atoms with Crippen molar-refractivity contribution in [3.05, 3.63) is 23.2 Å². The summed E-state index contributed by atoms with van der Waals surface area (Å²) in [6, 6.07) is 5.07. The van der Waals surface area contributed by atoms with E-state index in [0.717, 1.165) is 19.4 Å². The molecule has 1 fully saturated rings. The minimum Gasteiger partial charge on any atom is -0.326 e. The molecule has 1 aromatic carbocycles. The van der Waals surface area contributed by atoms with E-state index in [1.165, 1.54) is 0 Å². The first-order valence-corrected chi connectivity index (χ1v) is 7.59. The zero-order valence-electron chi connectivity index (χ0n) is 12.0. The van der Waals surface area contributed by atoms with Crippen LogP contribution in [-0.4, -0.2) is 24.9 Å². The van der Waals surface area contributed by atoms with Gasteiger partial charge < -0.3 is 16.0 Å². The maximum Gasteiger partial charge on any atom is 0.228 e. The zero-order valence-corrected chi connectivity index (χ0v) is 12.8. The third-order valence-electron chi connectivity index (χ3n) is 3.50. The molecule has 1 aromatic rings. The smallest absolute Gasteiger partial charge is 0.228 e. The van der Waals surface area contributed by atoms with Crippen molar-refractivity contribution in [2.24, 2.45) is 5.92 Å². The van der Waals surface area contributed by atoms with Crippen molar-refractivity contribution in [1.29, 1.82) is 0 Å². The highest BCUT2D eigenvalue weighted by molar-refractivity contribution is 6.33. The number of halogens is 1. The van der Waals surface area contributed by atoms with Crippen molar-refractivity contribution < 1.29 is 9.59 Å². The molecule has 0 bridgehead atoms. The van der Waals surface area contributed by atoms with E-state index in [0.29, 0.717) is 29.4 Å². The Balaban J connectivity index is 2.05. The van der Waals surface area contributed by atoms with Crippen LogP contribution in [0.5, 0.6) is 0 Å². The Morgan fingerprint density at radius 1 is 1.38 bits per heavy atom. The number of nitrogens with one attached hydrogen (secondary N) is 3. The van der Waals surface area contributed by atoms with E-state index in [4.69, 9.17) is 11.6 Å². The van der Waals surface area contributed by atoms with Crippen LogP contribution in [0.4, 0.5) is 11.4 Å². The highest BCUT2D eigenvalue weighted by atomic mass is 35.5. The molecule has 6 heteroatoms. The first kappa shape index (κ1) is 15.8. The van der Waals surface area contributed by atoms with Gasteiger partial charge in [0.25, 0.3) is 0 Å². The summed E-state index contributed by atoms with van der Waals surface area (Å²) < 4.78 is 0. The monoisotopic (exact) mass is 309 g/mol. The summed E-state index contributed by atoms with van der Waals surface area (Å²) in [7, 11) is 0. The number of anilines is 2. The summed E-state index contributed by atoms with van der Waals surface area (Å²) in [6.45, 7) is 3.43. The van der Waals surface area contributed by atoms with Gasteiger partial charge in [0.2, 0.25) is 11.8 Å². The quantitative estimate of drug-likeness (QED) is 0.800. The summed E-state index contributed by atoms with van der Waals surface area (Å²) in [5.41, 5.74) is 1.16. The molecule has 2 rings (SSSR count). The second-order valence-electron chi connectivity index (χ2n) is 5.13. The number of piperidine rings is 1. The maximum atomic E-state index is 12.2. The fourth-order valence-corrected chi connectivity index (χ4v) is 2.42. The SMILES string of the molecule is CCC(=O)Nc1ccc(Cl)c(NC(=O)C2CCCNC2)c1. The van der Waals surface area contributed by atoms with Crippen molar-refractivity contribution in [3.8, 4) is 0 Å². The molecular formula is C15H20ClN3O2.